The van der Waals surface area contributed by atoms with E-state index in [0.717, 1.165) is 50.3 Å². The van der Waals surface area contributed by atoms with Crippen molar-refractivity contribution in [2.45, 2.75) is 49.8 Å². The Morgan fingerprint density at radius 2 is 1.68 bits per heavy atom. The van der Waals surface area contributed by atoms with Gasteiger partial charge in [-0.3, -0.25) is 20.3 Å². The number of ether oxygens (including phenoxy) is 1. The van der Waals surface area contributed by atoms with Gasteiger partial charge in [-0.2, -0.15) is 5.10 Å². The van der Waals surface area contributed by atoms with Gasteiger partial charge in [0.2, 0.25) is 0 Å². The highest BCUT2D eigenvalue weighted by Crippen LogP contribution is 2.31. The Labute approximate surface area is 181 Å². The lowest BCUT2D eigenvalue weighted by atomic mass is 9.99. The lowest BCUT2D eigenvalue weighted by molar-refractivity contribution is -0.385. The van der Waals surface area contributed by atoms with Crippen LogP contribution in [0.15, 0.2) is 52.5 Å². The van der Waals surface area contributed by atoms with E-state index in [4.69, 9.17) is 4.74 Å². The molecule has 0 amide bonds. The number of hydrazone groups is 1. The summed E-state index contributed by atoms with van der Waals surface area (Å²) in [7, 11) is -2.74. The van der Waals surface area contributed by atoms with Gasteiger partial charge in [0, 0.05) is 17.8 Å². The number of methoxy groups -OCH3 is 1. The van der Waals surface area contributed by atoms with Crippen molar-refractivity contribution in [2.75, 3.05) is 17.3 Å². The van der Waals surface area contributed by atoms with Gasteiger partial charge in [0.05, 0.1) is 23.4 Å². The molecular formula is C21H26N4O5S. The Kier molecular flexibility index (Phi) is 7.45. The van der Waals surface area contributed by atoms with Crippen molar-refractivity contribution in [3.63, 3.8) is 0 Å². The topological polar surface area (TPSA) is 123 Å². The number of nitro benzene ring substituents is 1. The van der Waals surface area contributed by atoms with Crippen molar-refractivity contribution in [3.05, 3.63) is 52.6 Å². The number of hydrogen-bond donors (Lipinski definition) is 2. The number of non-ortho nitro benzene ring substituents is 1. The molecule has 0 aromatic heterocycles. The van der Waals surface area contributed by atoms with Crippen molar-refractivity contribution >= 4 is 32.8 Å². The lowest BCUT2D eigenvalue weighted by Crippen LogP contribution is -2.16. The SMILES string of the molecule is COc1ccccc1NS(=O)(=O)c1cc([N+](=O)[O-])ccc1NN=C1CCCCCCC1. The maximum Gasteiger partial charge on any atom is 0.270 e. The van der Waals surface area contributed by atoms with Crippen LogP contribution in [-0.4, -0.2) is 26.2 Å². The molecule has 3 rings (SSSR count). The fourth-order valence-electron chi connectivity index (χ4n) is 3.43. The monoisotopic (exact) mass is 446 g/mol. The predicted octanol–water partition coefficient (Wildman–Crippen LogP) is 4.92. The van der Waals surface area contributed by atoms with Crippen LogP contribution in [0.1, 0.15) is 44.9 Å². The molecule has 2 aromatic rings. The molecular weight excluding hydrogens is 420 g/mol. The maximum absolute atomic E-state index is 13.1. The highest BCUT2D eigenvalue weighted by Gasteiger charge is 2.24. The number of nitrogens with one attached hydrogen (secondary N) is 2. The standard InChI is InChI=1S/C21H26N4O5S/c1-30-20-12-8-7-11-18(20)24-31(28,29)21-15-17(25(26)27)13-14-19(21)23-22-16-9-5-3-2-4-6-10-16/h7-8,11-15,23-24H,2-6,9-10H2,1H3. The smallest absolute Gasteiger partial charge is 0.270 e. The molecule has 0 radical (unpaired) electrons. The average molecular weight is 447 g/mol. The van der Waals surface area contributed by atoms with E-state index in [0.29, 0.717) is 5.75 Å². The van der Waals surface area contributed by atoms with Gasteiger partial charge >= 0.3 is 0 Å². The Morgan fingerprint density at radius 3 is 2.35 bits per heavy atom. The number of hydrogen-bond acceptors (Lipinski definition) is 7. The number of benzene rings is 2. The average Bonchev–Trinajstić information content (AvgIpc) is 2.73. The van der Waals surface area contributed by atoms with E-state index >= 15 is 0 Å². The first-order valence-corrected chi connectivity index (χ1v) is 11.6. The van der Waals surface area contributed by atoms with Crippen LogP contribution in [-0.2, 0) is 10.0 Å². The van der Waals surface area contributed by atoms with Crippen molar-refractivity contribution in [1.82, 2.24) is 0 Å². The van der Waals surface area contributed by atoms with E-state index in [-0.39, 0.29) is 22.0 Å². The lowest BCUT2D eigenvalue weighted by Gasteiger charge is -2.15. The molecule has 1 saturated carbocycles. The van der Waals surface area contributed by atoms with E-state index < -0.39 is 14.9 Å². The van der Waals surface area contributed by atoms with Crippen LogP contribution in [0.25, 0.3) is 0 Å². The van der Waals surface area contributed by atoms with Crippen molar-refractivity contribution in [1.29, 1.82) is 0 Å². The van der Waals surface area contributed by atoms with Crippen LogP contribution in [0.2, 0.25) is 0 Å². The summed E-state index contributed by atoms with van der Waals surface area (Å²) in [6.07, 6.45) is 7.31. The molecule has 10 heteroatoms. The molecule has 0 atom stereocenters. The first-order valence-electron chi connectivity index (χ1n) is 10.2. The zero-order valence-electron chi connectivity index (χ0n) is 17.3. The third-order valence-electron chi connectivity index (χ3n) is 5.08. The highest BCUT2D eigenvalue weighted by molar-refractivity contribution is 7.93. The minimum atomic E-state index is -4.16. The molecule has 1 aliphatic carbocycles. The summed E-state index contributed by atoms with van der Waals surface area (Å²) in [6, 6.07) is 10.2. The molecule has 0 saturated heterocycles. The van der Waals surface area contributed by atoms with Gasteiger partial charge in [0.15, 0.2) is 0 Å². The second-order valence-corrected chi connectivity index (χ2v) is 8.95. The van der Waals surface area contributed by atoms with E-state index in [1.165, 1.54) is 25.7 Å². The van der Waals surface area contributed by atoms with Crippen molar-refractivity contribution in [2.24, 2.45) is 5.10 Å². The fourth-order valence-corrected chi connectivity index (χ4v) is 4.68. The van der Waals surface area contributed by atoms with Gasteiger partial charge in [0.25, 0.3) is 15.7 Å². The molecule has 0 spiro atoms. The summed E-state index contributed by atoms with van der Waals surface area (Å²) in [5, 5.41) is 15.7. The van der Waals surface area contributed by atoms with Crippen molar-refractivity contribution < 1.29 is 18.1 Å². The predicted molar refractivity (Wildman–Crippen MR) is 120 cm³/mol. The van der Waals surface area contributed by atoms with Gasteiger partial charge in [0.1, 0.15) is 10.6 Å². The molecule has 1 fully saturated rings. The van der Waals surface area contributed by atoms with Gasteiger partial charge < -0.3 is 4.74 Å². The molecule has 0 unspecified atom stereocenters. The summed E-state index contributed by atoms with van der Waals surface area (Å²) in [5.74, 6) is 0.334. The van der Waals surface area contributed by atoms with Gasteiger partial charge in [-0.15, -0.1) is 0 Å². The third kappa shape index (κ3) is 5.94. The second kappa shape index (κ2) is 10.3. The number of rotatable bonds is 7. The minimum Gasteiger partial charge on any atom is -0.495 e. The van der Waals surface area contributed by atoms with Crippen LogP contribution in [0.4, 0.5) is 17.1 Å². The van der Waals surface area contributed by atoms with Gasteiger partial charge in [-0.1, -0.05) is 31.4 Å². The molecule has 2 N–H and O–H groups in total. The zero-order valence-corrected chi connectivity index (χ0v) is 18.2. The molecule has 1 aliphatic rings. The largest absolute Gasteiger partial charge is 0.495 e. The molecule has 0 bridgehead atoms. The molecule has 0 aliphatic heterocycles. The summed E-state index contributed by atoms with van der Waals surface area (Å²) in [4.78, 5) is 10.4. The summed E-state index contributed by atoms with van der Waals surface area (Å²) < 4.78 is 33.9. The van der Waals surface area contributed by atoms with Crippen molar-refractivity contribution in [3.8, 4) is 5.75 Å². The molecule has 31 heavy (non-hydrogen) atoms. The van der Waals surface area contributed by atoms with Crippen LogP contribution in [0.5, 0.6) is 5.75 Å². The van der Waals surface area contributed by atoms with E-state index in [9.17, 15) is 18.5 Å². The Hall–Kier alpha value is -3.14. The van der Waals surface area contributed by atoms with Crippen LogP contribution < -0.4 is 14.9 Å². The fraction of sp³-hybridized carbons (Fsp3) is 0.381. The van der Waals surface area contributed by atoms with Gasteiger partial charge in [-0.25, -0.2) is 8.42 Å². The first-order chi connectivity index (χ1) is 14.9. The van der Waals surface area contributed by atoms with Gasteiger partial charge in [-0.05, 0) is 43.9 Å². The second-order valence-electron chi connectivity index (χ2n) is 7.30. The Bertz CT molecular complexity index is 1060. The molecule has 2 aromatic carbocycles. The molecule has 9 nitrogen and oxygen atoms in total. The quantitative estimate of drug-likeness (QED) is 0.460. The maximum atomic E-state index is 13.1. The highest BCUT2D eigenvalue weighted by atomic mass is 32.2. The zero-order chi connectivity index (χ0) is 22.3. The summed E-state index contributed by atoms with van der Waals surface area (Å²) in [5.41, 5.74) is 3.87. The third-order valence-corrected chi connectivity index (χ3v) is 6.49. The molecule has 166 valence electrons. The Balaban J connectivity index is 1.94. The van der Waals surface area contributed by atoms with Crippen LogP contribution >= 0.6 is 0 Å². The number of para-hydroxylation sites is 2. The first kappa shape index (κ1) is 22.5. The number of sulfonamides is 1. The van der Waals surface area contributed by atoms with E-state index in [2.05, 4.69) is 15.2 Å². The van der Waals surface area contributed by atoms with E-state index in [1.807, 2.05) is 0 Å². The summed E-state index contributed by atoms with van der Waals surface area (Å²) in [6.45, 7) is 0. The molecule has 0 heterocycles. The summed E-state index contributed by atoms with van der Waals surface area (Å²) >= 11 is 0. The van der Waals surface area contributed by atoms with Crippen LogP contribution in [0.3, 0.4) is 0 Å². The number of nitro groups is 1. The van der Waals surface area contributed by atoms with Crippen LogP contribution in [0, 0.1) is 10.1 Å². The van der Waals surface area contributed by atoms with E-state index in [1.54, 1.807) is 24.3 Å². The number of anilines is 2. The Morgan fingerprint density at radius 1 is 1.00 bits per heavy atom. The normalized spacial score (nSPS) is 14.8. The number of nitrogens with zero attached hydrogens (tertiary/aromatic N) is 2. The minimum absolute atomic E-state index is 0.169.